The van der Waals surface area contributed by atoms with Gasteiger partial charge >= 0.3 is 0 Å². The topological polar surface area (TPSA) is 96.7 Å². The van der Waals surface area contributed by atoms with Crippen LogP contribution in [0, 0.1) is 6.92 Å². The molecule has 0 radical (unpaired) electrons. The van der Waals surface area contributed by atoms with E-state index in [1.165, 1.54) is 24.7 Å². The maximum atomic E-state index is 13.0. The van der Waals surface area contributed by atoms with Gasteiger partial charge in [0.05, 0.1) is 5.52 Å². The summed E-state index contributed by atoms with van der Waals surface area (Å²) < 4.78 is 0. The predicted octanol–water partition coefficient (Wildman–Crippen LogP) is 6.19. The van der Waals surface area contributed by atoms with Gasteiger partial charge in [-0.05, 0) is 77.8 Å². The number of carbonyl (C=O) groups excluding carboxylic acids is 1. The molecule has 0 aliphatic heterocycles. The second-order valence-electron chi connectivity index (χ2n) is 9.40. The lowest BCUT2D eigenvalue weighted by atomic mass is 9.94. The number of carbonyl (C=O) groups is 1. The zero-order valence-corrected chi connectivity index (χ0v) is 20.1. The summed E-state index contributed by atoms with van der Waals surface area (Å²) in [6.45, 7) is 2.47. The van der Waals surface area contributed by atoms with Gasteiger partial charge in [0.25, 0.3) is 5.91 Å². The molecule has 1 saturated carbocycles. The molecule has 6 rings (SSSR count). The van der Waals surface area contributed by atoms with Gasteiger partial charge in [0.1, 0.15) is 6.33 Å². The van der Waals surface area contributed by atoms with Crippen molar-refractivity contribution in [2.45, 2.75) is 32.2 Å². The van der Waals surface area contributed by atoms with Crippen LogP contribution in [0.15, 0.2) is 79.4 Å². The van der Waals surface area contributed by atoms with Gasteiger partial charge in [0, 0.05) is 46.8 Å². The summed E-state index contributed by atoms with van der Waals surface area (Å²) in [5, 5.41) is 4.19. The Hall–Kier alpha value is -4.29. The molecule has 0 saturated heterocycles. The number of hydrogen-bond donors (Lipinski definition) is 3. The van der Waals surface area contributed by atoms with Crippen LogP contribution in [0.4, 0.5) is 5.69 Å². The molecule has 4 N–H and O–H groups in total. The first kappa shape index (κ1) is 22.2. The lowest BCUT2D eigenvalue weighted by Crippen LogP contribution is -2.13. The molecule has 0 atom stereocenters. The van der Waals surface area contributed by atoms with Crippen LogP contribution in [0.1, 0.15) is 45.8 Å². The highest BCUT2D eigenvalue weighted by Crippen LogP contribution is 2.40. The van der Waals surface area contributed by atoms with Crippen molar-refractivity contribution in [2.24, 2.45) is 5.73 Å². The fourth-order valence-corrected chi connectivity index (χ4v) is 4.86. The molecule has 0 bridgehead atoms. The Morgan fingerprint density at radius 1 is 1.03 bits per heavy atom. The van der Waals surface area contributed by atoms with Gasteiger partial charge in [-0.1, -0.05) is 36.4 Å². The van der Waals surface area contributed by atoms with Gasteiger partial charge in [0.15, 0.2) is 0 Å². The number of H-pyrrole nitrogens is 1. The number of hydrogen-bond acceptors (Lipinski definition) is 4. The predicted molar refractivity (Wildman–Crippen MR) is 144 cm³/mol. The normalized spacial score (nSPS) is 13.2. The first-order valence-corrected chi connectivity index (χ1v) is 12.2. The molecule has 3 aromatic carbocycles. The van der Waals surface area contributed by atoms with Crippen LogP contribution in [0.5, 0.6) is 0 Å². The molecule has 1 fully saturated rings. The van der Waals surface area contributed by atoms with Crippen molar-refractivity contribution in [3.63, 3.8) is 0 Å². The number of amides is 1. The number of aromatic nitrogens is 3. The summed E-state index contributed by atoms with van der Waals surface area (Å²) in [5.41, 5.74) is 15.9. The molecule has 2 aromatic heterocycles. The van der Waals surface area contributed by atoms with Crippen molar-refractivity contribution < 1.29 is 4.79 Å². The SMILES string of the molecule is Cc1c(NC(=O)c2ccc(C3CC3)cc2)cccc1-c1ccc(CN)c2[nH]c(-c3cncnc3)cc12. The Morgan fingerprint density at radius 3 is 2.53 bits per heavy atom. The third-order valence-electron chi connectivity index (χ3n) is 7.07. The van der Waals surface area contributed by atoms with Crippen LogP contribution in [0.2, 0.25) is 0 Å². The van der Waals surface area contributed by atoms with Crippen molar-refractivity contribution in [1.82, 2.24) is 15.0 Å². The lowest BCUT2D eigenvalue weighted by Gasteiger charge is -2.14. The maximum Gasteiger partial charge on any atom is 0.255 e. The van der Waals surface area contributed by atoms with Crippen LogP contribution in [0.25, 0.3) is 33.3 Å². The van der Waals surface area contributed by atoms with Crippen molar-refractivity contribution in [1.29, 1.82) is 0 Å². The zero-order valence-electron chi connectivity index (χ0n) is 20.1. The number of nitrogens with one attached hydrogen (secondary N) is 2. The molecule has 178 valence electrons. The summed E-state index contributed by atoms with van der Waals surface area (Å²) in [6, 6.07) is 20.3. The molecular weight excluding hydrogens is 446 g/mol. The third-order valence-corrected chi connectivity index (χ3v) is 7.07. The molecule has 1 aliphatic carbocycles. The number of rotatable bonds is 6. The average molecular weight is 474 g/mol. The standard InChI is InChI=1S/C30H27N5O/c1-18-24(3-2-4-27(18)35-30(36)21-9-7-20(8-10-21)19-5-6-19)25-12-11-22(14-31)29-26(25)13-28(34-29)23-15-32-17-33-16-23/h2-4,7-13,15-17,19,34H,5-6,14,31H2,1H3,(H,35,36). The van der Waals surface area contributed by atoms with Gasteiger partial charge in [-0.15, -0.1) is 0 Å². The van der Waals surface area contributed by atoms with E-state index in [2.05, 4.69) is 56.7 Å². The quantitative estimate of drug-likeness (QED) is 0.274. The first-order valence-electron chi connectivity index (χ1n) is 12.2. The van der Waals surface area contributed by atoms with E-state index in [0.29, 0.717) is 18.0 Å². The Balaban J connectivity index is 1.37. The minimum absolute atomic E-state index is 0.103. The average Bonchev–Trinajstić information content (AvgIpc) is 3.67. The highest BCUT2D eigenvalue weighted by molar-refractivity contribution is 6.06. The molecule has 2 heterocycles. The van der Waals surface area contributed by atoms with Crippen LogP contribution < -0.4 is 11.1 Å². The Bertz CT molecular complexity index is 1570. The van der Waals surface area contributed by atoms with E-state index in [0.717, 1.165) is 50.1 Å². The fraction of sp³-hybridized carbons (Fsp3) is 0.167. The van der Waals surface area contributed by atoms with E-state index in [4.69, 9.17) is 5.73 Å². The monoisotopic (exact) mass is 473 g/mol. The van der Waals surface area contributed by atoms with Crippen LogP contribution in [0.3, 0.4) is 0 Å². The number of nitrogens with zero attached hydrogens (tertiary/aromatic N) is 2. The Morgan fingerprint density at radius 2 is 1.81 bits per heavy atom. The van der Waals surface area contributed by atoms with Crippen molar-refractivity contribution >= 4 is 22.5 Å². The zero-order chi connectivity index (χ0) is 24.6. The highest BCUT2D eigenvalue weighted by Gasteiger charge is 2.23. The molecule has 36 heavy (non-hydrogen) atoms. The van der Waals surface area contributed by atoms with E-state index in [1.54, 1.807) is 12.4 Å². The molecule has 0 spiro atoms. The smallest absolute Gasteiger partial charge is 0.255 e. The number of anilines is 1. The summed E-state index contributed by atoms with van der Waals surface area (Å²) in [4.78, 5) is 24.8. The molecule has 1 amide bonds. The number of fused-ring (bicyclic) bond motifs is 1. The van der Waals surface area contributed by atoms with E-state index < -0.39 is 0 Å². The van der Waals surface area contributed by atoms with Crippen LogP contribution in [-0.2, 0) is 6.54 Å². The van der Waals surface area contributed by atoms with Gasteiger partial charge in [0.2, 0.25) is 0 Å². The Kier molecular flexibility index (Phi) is 5.58. The molecule has 0 unspecified atom stereocenters. The maximum absolute atomic E-state index is 13.0. The van der Waals surface area contributed by atoms with E-state index in [1.807, 2.05) is 31.2 Å². The molecule has 6 nitrogen and oxygen atoms in total. The van der Waals surface area contributed by atoms with E-state index >= 15 is 0 Å². The molecular formula is C30H27N5O. The van der Waals surface area contributed by atoms with Crippen molar-refractivity contribution in [3.05, 3.63) is 102 Å². The van der Waals surface area contributed by atoms with Crippen molar-refractivity contribution in [3.8, 4) is 22.4 Å². The van der Waals surface area contributed by atoms with Crippen LogP contribution >= 0.6 is 0 Å². The van der Waals surface area contributed by atoms with Crippen LogP contribution in [-0.4, -0.2) is 20.9 Å². The molecule has 5 aromatic rings. The van der Waals surface area contributed by atoms with Gasteiger partial charge in [-0.3, -0.25) is 4.79 Å². The minimum atomic E-state index is -0.103. The lowest BCUT2D eigenvalue weighted by molar-refractivity contribution is 0.102. The summed E-state index contributed by atoms with van der Waals surface area (Å²) in [7, 11) is 0. The molecule has 1 aliphatic rings. The molecule has 6 heteroatoms. The minimum Gasteiger partial charge on any atom is -0.354 e. The largest absolute Gasteiger partial charge is 0.354 e. The van der Waals surface area contributed by atoms with E-state index in [-0.39, 0.29) is 5.91 Å². The summed E-state index contributed by atoms with van der Waals surface area (Å²) in [6.07, 6.45) is 7.60. The number of nitrogens with two attached hydrogens (primary N) is 1. The second-order valence-corrected chi connectivity index (χ2v) is 9.40. The van der Waals surface area contributed by atoms with E-state index in [9.17, 15) is 4.79 Å². The Labute approximate surface area is 209 Å². The highest BCUT2D eigenvalue weighted by atomic mass is 16.1. The number of benzene rings is 3. The van der Waals surface area contributed by atoms with Gasteiger partial charge in [-0.25, -0.2) is 9.97 Å². The van der Waals surface area contributed by atoms with Gasteiger partial charge in [-0.2, -0.15) is 0 Å². The van der Waals surface area contributed by atoms with Gasteiger partial charge < -0.3 is 16.0 Å². The first-order chi connectivity index (χ1) is 17.6. The second kappa shape index (κ2) is 9.06. The third kappa shape index (κ3) is 4.06. The summed E-state index contributed by atoms with van der Waals surface area (Å²) >= 11 is 0. The van der Waals surface area contributed by atoms with Crippen molar-refractivity contribution in [2.75, 3.05) is 5.32 Å². The fourth-order valence-electron chi connectivity index (χ4n) is 4.86. The number of aromatic amines is 1. The summed E-state index contributed by atoms with van der Waals surface area (Å²) in [5.74, 6) is 0.570.